The summed E-state index contributed by atoms with van der Waals surface area (Å²) < 4.78 is 4.04. The number of benzene rings is 1. The summed E-state index contributed by atoms with van der Waals surface area (Å²) in [6, 6.07) is 10.4. The van der Waals surface area contributed by atoms with Crippen LogP contribution < -0.4 is 0 Å². The molecule has 0 spiro atoms. The van der Waals surface area contributed by atoms with Gasteiger partial charge in [-0.15, -0.1) is 0 Å². The van der Waals surface area contributed by atoms with Crippen molar-refractivity contribution in [3.63, 3.8) is 0 Å². The molecule has 0 saturated carbocycles. The summed E-state index contributed by atoms with van der Waals surface area (Å²) in [6.07, 6.45) is 6.29. The molecule has 0 N–H and O–H groups in total. The van der Waals surface area contributed by atoms with Gasteiger partial charge in [0.15, 0.2) is 5.82 Å². The summed E-state index contributed by atoms with van der Waals surface area (Å²) in [5.41, 5.74) is 2.22. The third kappa shape index (κ3) is 2.73. The van der Waals surface area contributed by atoms with Gasteiger partial charge in [-0.2, -0.15) is 0 Å². The summed E-state index contributed by atoms with van der Waals surface area (Å²) in [5, 5.41) is 0. The van der Waals surface area contributed by atoms with Crippen LogP contribution in [0.15, 0.2) is 48.9 Å². The Kier molecular flexibility index (Phi) is 3.87. The molecule has 1 fully saturated rings. The number of carbonyl (C=O) groups excluding carboxylic acids is 1. The van der Waals surface area contributed by atoms with E-state index in [1.807, 2.05) is 36.3 Å². The van der Waals surface area contributed by atoms with E-state index in [4.69, 9.17) is 0 Å². The number of hydrogen-bond donors (Lipinski definition) is 0. The highest BCUT2D eigenvalue weighted by molar-refractivity contribution is 5.91. The number of nitrogens with zero attached hydrogens (tertiary/aromatic N) is 5. The van der Waals surface area contributed by atoms with Crippen LogP contribution in [-0.4, -0.2) is 43.0 Å². The summed E-state index contributed by atoms with van der Waals surface area (Å²) in [4.78, 5) is 23.4. The maximum absolute atomic E-state index is 12.7. The zero-order valence-electron chi connectivity index (χ0n) is 14.5. The average molecular weight is 335 g/mol. The number of aromatic nitrogens is 4. The van der Waals surface area contributed by atoms with Crippen LogP contribution in [0.5, 0.6) is 0 Å². The van der Waals surface area contributed by atoms with Gasteiger partial charge in [0.05, 0.1) is 6.04 Å². The molecule has 128 valence electrons. The molecule has 0 bridgehead atoms. The molecule has 0 aliphatic carbocycles. The lowest BCUT2D eigenvalue weighted by molar-refractivity contribution is 0.0772. The predicted octanol–water partition coefficient (Wildman–Crippen LogP) is 2.68. The van der Waals surface area contributed by atoms with Crippen LogP contribution in [-0.2, 0) is 7.05 Å². The fourth-order valence-electron chi connectivity index (χ4n) is 3.56. The first-order valence-corrected chi connectivity index (χ1v) is 8.51. The Morgan fingerprint density at radius 3 is 2.72 bits per heavy atom. The zero-order valence-corrected chi connectivity index (χ0v) is 14.5. The number of amides is 1. The van der Waals surface area contributed by atoms with E-state index in [1.165, 1.54) is 0 Å². The molecule has 1 amide bonds. The number of hydrogen-bond acceptors (Lipinski definition) is 3. The Bertz CT molecular complexity index is 896. The van der Waals surface area contributed by atoms with E-state index in [0.717, 1.165) is 30.0 Å². The first-order valence-electron chi connectivity index (χ1n) is 8.51. The van der Waals surface area contributed by atoms with Gasteiger partial charge in [0, 0.05) is 50.0 Å². The third-order valence-corrected chi connectivity index (χ3v) is 4.84. The summed E-state index contributed by atoms with van der Waals surface area (Å²) in [7, 11) is 1.85. The van der Waals surface area contributed by atoms with Crippen LogP contribution in [0.2, 0.25) is 0 Å². The molecule has 6 heteroatoms. The smallest absolute Gasteiger partial charge is 0.289 e. The van der Waals surface area contributed by atoms with E-state index in [9.17, 15) is 4.79 Å². The minimum Gasteiger partial charge on any atom is -0.334 e. The number of imidazole rings is 2. The van der Waals surface area contributed by atoms with Crippen molar-refractivity contribution in [2.75, 3.05) is 13.1 Å². The topological polar surface area (TPSA) is 56.0 Å². The largest absolute Gasteiger partial charge is 0.334 e. The average Bonchev–Trinajstić information content (AvgIpc) is 3.34. The van der Waals surface area contributed by atoms with Gasteiger partial charge in [0.2, 0.25) is 0 Å². The summed E-state index contributed by atoms with van der Waals surface area (Å²) in [5.74, 6) is 1.45. The molecule has 1 aliphatic rings. The monoisotopic (exact) mass is 335 g/mol. The first-order chi connectivity index (χ1) is 12.1. The van der Waals surface area contributed by atoms with E-state index < -0.39 is 0 Å². The molecule has 4 rings (SSSR count). The maximum atomic E-state index is 12.7. The normalized spacial score (nSPS) is 17.2. The van der Waals surface area contributed by atoms with Gasteiger partial charge in [0.25, 0.3) is 5.91 Å². The van der Waals surface area contributed by atoms with Crippen molar-refractivity contribution in [2.24, 2.45) is 7.05 Å². The molecular weight excluding hydrogens is 314 g/mol. The molecule has 1 aliphatic heterocycles. The lowest BCUT2D eigenvalue weighted by Crippen LogP contribution is -2.31. The van der Waals surface area contributed by atoms with Crippen LogP contribution in [0.3, 0.4) is 0 Å². The Labute approximate surface area is 146 Å². The van der Waals surface area contributed by atoms with Crippen LogP contribution in [0.4, 0.5) is 0 Å². The lowest BCUT2D eigenvalue weighted by Gasteiger charge is -2.19. The van der Waals surface area contributed by atoms with Gasteiger partial charge < -0.3 is 14.0 Å². The minimum atomic E-state index is -0.00553. The van der Waals surface area contributed by atoms with E-state index in [-0.39, 0.29) is 11.9 Å². The fraction of sp³-hybridized carbons (Fsp3) is 0.316. The SMILES string of the molecule is Cc1cnc(-c2ccccc2)n1C1CCN(C(=O)c2nccn2C)C1. The molecular formula is C19H21N5O. The molecule has 3 heterocycles. The molecule has 0 radical (unpaired) electrons. The van der Waals surface area contributed by atoms with Crippen LogP contribution >= 0.6 is 0 Å². The Hall–Kier alpha value is -2.89. The van der Waals surface area contributed by atoms with E-state index >= 15 is 0 Å². The molecule has 2 aromatic heterocycles. The van der Waals surface area contributed by atoms with Crippen molar-refractivity contribution in [1.82, 2.24) is 24.0 Å². The molecule has 25 heavy (non-hydrogen) atoms. The quantitative estimate of drug-likeness (QED) is 0.739. The first kappa shape index (κ1) is 15.6. The van der Waals surface area contributed by atoms with Crippen LogP contribution in [0.1, 0.15) is 28.8 Å². The van der Waals surface area contributed by atoms with Crippen LogP contribution in [0.25, 0.3) is 11.4 Å². The van der Waals surface area contributed by atoms with Crippen molar-refractivity contribution in [3.05, 3.63) is 60.4 Å². The number of likely N-dealkylation sites (tertiary alicyclic amines) is 1. The molecule has 1 unspecified atom stereocenters. The predicted molar refractivity (Wildman–Crippen MR) is 95.2 cm³/mol. The van der Waals surface area contributed by atoms with Crippen molar-refractivity contribution in [2.45, 2.75) is 19.4 Å². The maximum Gasteiger partial charge on any atom is 0.289 e. The minimum absolute atomic E-state index is 0.00553. The standard InChI is InChI=1S/C19H21N5O/c1-14-12-21-17(15-6-4-3-5-7-15)24(14)16-8-10-23(13-16)19(25)18-20-9-11-22(18)2/h3-7,9,11-12,16H,8,10,13H2,1-2H3. The second-order valence-electron chi connectivity index (χ2n) is 6.51. The molecule has 1 aromatic carbocycles. The highest BCUT2D eigenvalue weighted by Crippen LogP contribution is 2.30. The molecule has 3 aromatic rings. The van der Waals surface area contributed by atoms with E-state index in [2.05, 4.69) is 33.6 Å². The van der Waals surface area contributed by atoms with Crippen molar-refractivity contribution >= 4 is 5.91 Å². The fourth-order valence-corrected chi connectivity index (χ4v) is 3.56. The third-order valence-electron chi connectivity index (χ3n) is 4.84. The van der Waals surface area contributed by atoms with Crippen molar-refractivity contribution in [1.29, 1.82) is 0 Å². The highest BCUT2D eigenvalue weighted by atomic mass is 16.2. The van der Waals surface area contributed by atoms with E-state index in [1.54, 1.807) is 17.0 Å². The van der Waals surface area contributed by atoms with Crippen LogP contribution in [0, 0.1) is 6.92 Å². The summed E-state index contributed by atoms with van der Waals surface area (Å²) >= 11 is 0. The van der Waals surface area contributed by atoms with Gasteiger partial charge >= 0.3 is 0 Å². The van der Waals surface area contributed by atoms with Gasteiger partial charge in [-0.3, -0.25) is 4.79 Å². The molecule has 6 nitrogen and oxygen atoms in total. The molecule has 1 atom stereocenters. The Morgan fingerprint density at radius 2 is 2.00 bits per heavy atom. The van der Waals surface area contributed by atoms with Crippen molar-refractivity contribution < 1.29 is 4.79 Å². The second kappa shape index (κ2) is 6.20. The van der Waals surface area contributed by atoms with Gasteiger partial charge in [-0.1, -0.05) is 30.3 Å². The second-order valence-corrected chi connectivity index (χ2v) is 6.51. The zero-order chi connectivity index (χ0) is 17.4. The highest BCUT2D eigenvalue weighted by Gasteiger charge is 2.31. The van der Waals surface area contributed by atoms with E-state index in [0.29, 0.717) is 12.4 Å². The Morgan fingerprint density at radius 1 is 1.20 bits per heavy atom. The van der Waals surface area contributed by atoms with Gasteiger partial charge in [0.1, 0.15) is 5.82 Å². The Balaban J connectivity index is 1.60. The van der Waals surface area contributed by atoms with Gasteiger partial charge in [-0.25, -0.2) is 9.97 Å². The lowest BCUT2D eigenvalue weighted by atomic mass is 10.2. The summed E-state index contributed by atoms with van der Waals surface area (Å²) in [6.45, 7) is 3.49. The molecule has 1 saturated heterocycles. The number of aryl methyl sites for hydroxylation is 2. The number of carbonyl (C=O) groups is 1. The van der Waals surface area contributed by atoms with Gasteiger partial charge in [-0.05, 0) is 13.3 Å². The van der Waals surface area contributed by atoms with Crippen molar-refractivity contribution in [3.8, 4) is 11.4 Å². The number of rotatable bonds is 3.